The number of aryl methyl sites for hydroxylation is 1. The van der Waals surface area contributed by atoms with Crippen molar-refractivity contribution in [3.8, 4) is 0 Å². The van der Waals surface area contributed by atoms with Crippen LogP contribution in [-0.4, -0.2) is 29.7 Å². The van der Waals surface area contributed by atoms with Crippen molar-refractivity contribution < 1.29 is 10.0 Å². The molecule has 0 aliphatic carbocycles. The van der Waals surface area contributed by atoms with E-state index in [4.69, 9.17) is 5.11 Å². The van der Waals surface area contributed by atoms with Crippen molar-refractivity contribution in [3.63, 3.8) is 0 Å². The summed E-state index contributed by atoms with van der Waals surface area (Å²) in [5, 5.41) is 20.0. The smallest absolute Gasteiger partial charge is 0.292 e. The Balaban J connectivity index is 2.26. The molecule has 1 aliphatic rings. The third kappa shape index (κ3) is 2.46. The minimum Gasteiger partial charge on any atom is -0.396 e. The molecule has 1 heterocycles. The molecule has 0 spiro atoms. The summed E-state index contributed by atoms with van der Waals surface area (Å²) in [4.78, 5) is 12.8. The summed E-state index contributed by atoms with van der Waals surface area (Å²) in [6.07, 6.45) is 1.77. The standard InChI is InChI=1S/C13H18N2O3/c1-10-3-2-4-12(15(17)18)13(10)14-7-5-11(9-14)6-8-16/h2-4,11,16H,5-9H2,1H3. The number of hydrogen-bond donors (Lipinski definition) is 1. The van der Waals surface area contributed by atoms with Crippen LogP contribution in [-0.2, 0) is 0 Å². The summed E-state index contributed by atoms with van der Waals surface area (Å²) in [5.74, 6) is 0.439. The third-order valence-electron chi connectivity index (χ3n) is 3.55. The number of anilines is 1. The fourth-order valence-electron chi connectivity index (χ4n) is 2.66. The fourth-order valence-corrected chi connectivity index (χ4v) is 2.66. The van der Waals surface area contributed by atoms with Gasteiger partial charge in [0.25, 0.3) is 5.69 Å². The first-order valence-electron chi connectivity index (χ1n) is 6.23. The van der Waals surface area contributed by atoms with Crippen molar-refractivity contribution in [2.45, 2.75) is 19.8 Å². The van der Waals surface area contributed by atoms with Gasteiger partial charge < -0.3 is 10.0 Å². The van der Waals surface area contributed by atoms with Gasteiger partial charge in [0.1, 0.15) is 5.69 Å². The highest BCUT2D eigenvalue weighted by Gasteiger charge is 2.28. The number of para-hydroxylation sites is 1. The molecule has 0 saturated carbocycles. The maximum atomic E-state index is 11.1. The third-order valence-corrected chi connectivity index (χ3v) is 3.55. The number of nitro benzene ring substituents is 1. The maximum Gasteiger partial charge on any atom is 0.292 e. The molecule has 1 atom stereocenters. The van der Waals surface area contributed by atoms with Gasteiger partial charge in [0.15, 0.2) is 0 Å². The van der Waals surface area contributed by atoms with E-state index in [9.17, 15) is 10.1 Å². The molecular formula is C13H18N2O3. The number of aliphatic hydroxyl groups excluding tert-OH is 1. The normalized spacial score (nSPS) is 19.2. The van der Waals surface area contributed by atoms with Crippen LogP contribution in [0.1, 0.15) is 18.4 Å². The summed E-state index contributed by atoms with van der Waals surface area (Å²) in [7, 11) is 0. The van der Waals surface area contributed by atoms with E-state index in [-0.39, 0.29) is 17.2 Å². The quantitative estimate of drug-likeness (QED) is 0.656. The SMILES string of the molecule is Cc1cccc([N+](=O)[O-])c1N1CCC(CCO)C1. The monoisotopic (exact) mass is 250 g/mol. The van der Waals surface area contributed by atoms with Gasteiger partial charge in [-0.3, -0.25) is 10.1 Å². The second-order valence-corrected chi connectivity index (χ2v) is 4.81. The topological polar surface area (TPSA) is 66.6 Å². The first kappa shape index (κ1) is 12.8. The van der Waals surface area contributed by atoms with Gasteiger partial charge in [-0.1, -0.05) is 12.1 Å². The average Bonchev–Trinajstić information content (AvgIpc) is 2.77. The summed E-state index contributed by atoms with van der Waals surface area (Å²) in [6, 6.07) is 5.18. The molecule has 1 fully saturated rings. The number of benzene rings is 1. The second kappa shape index (κ2) is 5.35. The Morgan fingerprint density at radius 2 is 2.33 bits per heavy atom. The molecule has 1 N–H and O–H groups in total. The molecule has 0 bridgehead atoms. The van der Waals surface area contributed by atoms with Crippen LogP contribution in [0.4, 0.5) is 11.4 Å². The van der Waals surface area contributed by atoms with Gasteiger partial charge in [-0.15, -0.1) is 0 Å². The Hall–Kier alpha value is -1.62. The Kier molecular flexibility index (Phi) is 3.81. The van der Waals surface area contributed by atoms with Crippen LogP contribution in [0.15, 0.2) is 18.2 Å². The zero-order chi connectivity index (χ0) is 13.1. The molecule has 0 aromatic heterocycles. The molecule has 1 aromatic rings. The highest BCUT2D eigenvalue weighted by molar-refractivity contribution is 5.68. The lowest BCUT2D eigenvalue weighted by molar-refractivity contribution is -0.384. The molecule has 2 rings (SSSR count). The van der Waals surface area contributed by atoms with E-state index in [1.807, 2.05) is 13.0 Å². The summed E-state index contributed by atoms with van der Waals surface area (Å²) >= 11 is 0. The minimum absolute atomic E-state index is 0.180. The Labute approximate surface area is 106 Å². The van der Waals surface area contributed by atoms with E-state index in [1.165, 1.54) is 0 Å². The highest BCUT2D eigenvalue weighted by atomic mass is 16.6. The molecule has 1 aliphatic heterocycles. The fraction of sp³-hybridized carbons (Fsp3) is 0.538. The van der Waals surface area contributed by atoms with E-state index in [2.05, 4.69) is 4.90 Å². The lowest BCUT2D eigenvalue weighted by Crippen LogP contribution is -2.22. The van der Waals surface area contributed by atoms with Crippen LogP contribution in [0.2, 0.25) is 0 Å². The van der Waals surface area contributed by atoms with Gasteiger partial charge in [0, 0.05) is 25.8 Å². The number of aliphatic hydroxyl groups is 1. The van der Waals surface area contributed by atoms with E-state index in [0.29, 0.717) is 5.92 Å². The largest absolute Gasteiger partial charge is 0.396 e. The van der Waals surface area contributed by atoms with Gasteiger partial charge in [-0.25, -0.2) is 0 Å². The predicted molar refractivity (Wildman–Crippen MR) is 69.9 cm³/mol. The predicted octanol–water partition coefficient (Wildman–Crippen LogP) is 2.11. The number of nitro groups is 1. The van der Waals surface area contributed by atoms with Crippen LogP contribution < -0.4 is 4.90 Å². The molecule has 0 amide bonds. The Bertz CT molecular complexity index is 448. The van der Waals surface area contributed by atoms with Gasteiger partial charge in [-0.05, 0) is 31.2 Å². The van der Waals surface area contributed by atoms with Gasteiger partial charge in [-0.2, -0.15) is 0 Å². The van der Waals surface area contributed by atoms with Crippen LogP contribution in [0.3, 0.4) is 0 Å². The van der Waals surface area contributed by atoms with Gasteiger partial charge in [0.2, 0.25) is 0 Å². The van der Waals surface area contributed by atoms with Crippen molar-refractivity contribution in [1.29, 1.82) is 0 Å². The zero-order valence-electron chi connectivity index (χ0n) is 10.5. The van der Waals surface area contributed by atoms with Crippen LogP contribution >= 0.6 is 0 Å². The molecule has 1 unspecified atom stereocenters. The van der Waals surface area contributed by atoms with Crippen molar-refractivity contribution in [2.75, 3.05) is 24.6 Å². The number of hydrogen-bond acceptors (Lipinski definition) is 4. The molecule has 1 aromatic carbocycles. The van der Waals surface area contributed by atoms with E-state index in [0.717, 1.165) is 37.2 Å². The molecule has 18 heavy (non-hydrogen) atoms. The molecular weight excluding hydrogens is 232 g/mol. The first-order valence-corrected chi connectivity index (χ1v) is 6.23. The minimum atomic E-state index is -0.318. The van der Waals surface area contributed by atoms with Crippen molar-refractivity contribution in [1.82, 2.24) is 0 Å². The molecule has 0 radical (unpaired) electrons. The van der Waals surface area contributed by atoms with E-state index >= 15 is 0 Å². The van der Waals surface area contributed by atoms with Crippen LogP contribution in [0.5, 0.6) is 0 Å². The van der Waals surface area contributed by atoms with Crippen molar-refractivity contribution >= 4 is 11.4 Å². The van der Waals surface area contributed by atoms with Gasteiger partial charge in [0.05, 0.1) is 4.92 Å². The lowest BCUT2D eigenvalue weighted by atomic mass is 10.1. The second-order valence-electron chi connectivity index (χ2n) is 4.81. The van der Waals surface area contributed by atoms with E-state index in [1.54, 1.807) is 12.1 Å². The lowest BCUT2D eigenvalue weighted by Gasteiger charge is -2.20. The highest BCUT2D eigenvalue weighted by Crippen LogP contribution is 2.35. The van der Waals surface area contributed by atoms with Crippen LogP contribution in [0.25, 0.3) is 0 Å². The Morgan fingerprint density at radius 1 is 1.56 bits per heavy atom. The number of nitrogens with zero attached hydrogens (tertiary/aromatic N) is 2. The number of rotatable bonds is 4. The summed E-state index contributed by atoms with van der Waals surface area (Å²) < 4.78 is 0. The molecule has 1 saturated heterocycles. The summed E-state index contributed by atoms with van der Waals surface area (Å²) in [6.45, 7) is 3.72. The van der Waals surface area contributed by atoms with Gasteiger partial charge >= 0.3 is 0 Å². The molecule has 5 heteroatoms. The van der Waals surface area contributed by atoms with E-state index < -0.39 is 0 Å². The Morgan fingerprint density at radius 3 is 3.00 bits per heavy atom. The first-order chi connectivity index (χ1) is 8.63. The summed E-state index contributed by atoms with van der Waals surface area (Å²) in [5.41, 5.74) is 1.86. The van der Waals surface area contributed by atoms with Crippen molar-refractivity contribution in [2.24, 2.45) is 5.92 Å². The zero-order valence-corrected chi connectivity index (χ0v) is 10.5. The molecule has 98 valence electrons. The van der Waals surface area contributed by atoms with Crippen LogP contribution in [0, 0.1) is 23.0 Å². The van der Waals surface area contributed by atoms with Crippen molar-refractivity contribution in [3.05, 3.63) is 33.9 Å². The average molecular weight is 250 g/mol. The maximum absolute atomic E-state index is 11.1. The molecule has 5 nitrogen and oxygen atoms in total.